The molecule has 2 aromatic rings. The van der Waals surface area contributed by atoms with Crippen LogP contribution in [0.25, 0.3) is 0 Å². The third-order valence-electron chi connectivity index (χ3n) is 6.62. The molecule has 2 aliphatic rings. The van der Waals surface area contributed by atoms with E-state index in [1.54, 1.807) is 4.90 Å². The quantitative estimate of drug-likeness (QED) is 0.726. The molecule has 0 aliphatic carbocycles. The van der Waals surface area contributed by atoms with Crippen molar-refractivity contribution in [3.63, 3.8) is 0 Å². The van der Waals surface area contributed by atoms with Crippen molar-refractivity contribution in [3.8, 4) is 0 Å². The van der Waals surface area contributed by atoms with Crippen LogP contribution >= 0.6 is 0 Å². The van der Waals surface area contributed by atoms with E-state index in [2.05, 4.69) is 10.3 Å². The van der Waals surface area contributed by atoms with Crippen LogP contribution in [0, 0.1) is 12.8 Å². The Morgan fingerprint density at radius 1 is 1.00 bits per heavy atom. The second-order valence-electron chi connectivity index (χ2n) is 9.13. The van der Waals surface area contributed by atoms with Crippen molar-refractivity contribution >= 4 is 17.6 Å². The predicted octanol–water partition coefficient (Wildman–Crippen LogP) is 4.05. The molecule has 6 nitrogen and oxygen atoms in total. The van der Waals surface area contributed by atoms with Gasteiger partial charge >= 0.3 is 6.18 Å². The zero-order valence-corrected chi connectivity index (χ0v) is 19.1. The van der Waals surface area contributed by atoms with Gasteiger partial charge in [-0.3, -0.25) is 9.59 Å². The number of benzene rings is 1. The maximum Gasteiger partial charge on any atom is 0.417 e. The van der Waals surface area contributed by atoms with Crippen molar-refractivity contribution in [1.82, 2.24) is 15.2 Å². The SMILES string of the molecule is Cc1ccc(C(=O)N2CCCC(C(=O)NC3CCN(c4ccc(C(F)(F)F)cn4)CC3)C2)cc1. The highest BCUT2D eigenvalue weighted by Crippen LogP contribution is 2.30. The number of alkyl halides is 3. The van der Waals surface area contributed by atoms with Crippen molar-refractivity contribution < 1.29 is 22.8 Å². The molecule has 3 heterocycles. The van der Waals surface area contributed by atoms with Gasteiger partial charge in [0.2, 0.25) is 5.91 Å². The van der Waals surface area contributed by atoms with Crippen LogP contribution in [-0.4, -0.2) is 53.9 Å². The molecule has 0 radical (unpaired) electrons. The van der Waals surface area contributed by atoms with E-state index in [1.165, 1.54) is 6.07 Å². The Balaban J connectivity index is 1.27. The molecule has 1 unspecified atom stereocenters. The monoisotopic (exact) mass is 474 g/mol. The van der Waals surface area contributed by atoms with E-state index in [9.17, 15) is 22.8 Å². The van der Waals surface area contributed by atoms with Gasteiger partial charge in [0.05, 0.1) is 11.5 Å². The summed E-state index contributed by atoms with van der Waals surface area (Å²) in [6.07, 6.45) is -0.635. The fourth-order valence-electron chi connectivity index (χ4n) is 4.57. The molecule has 2 fully saturated rings. The van der Waals surface area contributed by atoms with E-state index >= 15 is 0 Å². The molecule has 1 N–H and O–H groups in total. The number of nitrogens with one attached hydrogen (secondary N) is 1. The first-order valence-corrected chi connectivity index (χ1v) is 11.7. The number of aromatic nitrogens is 1. The number of pyridine rings is 1. The molecule has 1 aromatic heterocycles. The van der Waals surface area contributed by atoms with Gasteiger partial charge in [0.1, 0.15) is 5.82 Å². The Labute approximate surface area is 197 Å². The van der Waals surface area contributed by atoms with Gasteiger partial charge in [-0.1, -0.05) is 17.7 Å². The van der Waals surface area contributed by atoms with Gasteiger partial charge in [0.25, 0.3) is 5.91 Å². The molecule has 2 aliphatic heterocycles. The summed E-state index contributed by atoms with van der Waals surface area (Å²) in [6, 6.07) is 9.90. The van der Waals surface area contributed by atoms with Gasteiger partial charge in [-0.25, -0.2) is 4.98 Å². The first-order chi connectivity index (χ1) is 16.2. The number of hydrogen-bond donors (Lipinski definition) is 1. The molecule has 34 heavy (non-hydrogen) atoms. The number of halogens is 3. The fraction of sp³-hybridized carbons (Fsp3) is 0.480. The lowest BCUT2D eigenvalue weighted by atomic mass is 9.95. The lowest BCUT2D eigenvalue weighted by Gasteiger charge is -2.36. The van der Waals surface area contributed by atoms with Crippen LogP contribution in [0.4, 0.5) is 19.0 Å². The summed E-state index contributed by atoms with van der Waals surface area (Å²) >= 11 is 0. The second-order valence-corrected chi connectivity index (χ2v) is 9.13. The smallest absolute Gasteiger partial charge is 0.356 e. The first-order valence-electron chi connectivity index (χ1n) is 11.7. The van der Waals surface area contributed by atoms with Crippen molar-refractivity contribution in [3.05, 3.63) is 59.3 Å². The first kappa shape index (κ1) is 24.0. The molecule has 0 bridgehead atoms. The van der Waals surface area contributed by atoms with Crippen LogP contribution in [-0.2, 0) is 11.0 Å². The summed E-state index contributed by atoms with van der Waals surface area (Å²) in [5.41, 5.74) is 0.962. The van der Waals surface area contributed by atoms with E-state index in [1.807, 2.05) is 36.1 Å². The Bertz CT molecular complexity index is 1000. The van der Waals surface area contributed by atoms with Crippen LogP contribution in [0.15, 0.2) is 42.6 Å². The number of nitrogens with zero attached hydrogens (tertiary/aromatic N) is 3. The minimum absolute atomic E-state index is 0.00127. The van der Waals surface area contributed by atoms with Gasteiger partial charge in [0.15, 0.2) is 0 Å². The maximum absolute atomic E-state index is 12.9. The fourth-order valence-corrected chi connectivity index (χ4v) is 4.57. The number of piperidine rings is 2. The van der Waals surface area contributed by atoms with Crippen molar-refractivity contribution in [2.75, 3.05) is 31.1 Å². The second kappa shape index (κ2) is 10.0. The largest absolute Gasteiger partial charge is 0.417 e. The molecule has 1 atom stereocenters. The Morgan fingerprint density at radius 3 is 2.32 bits per heavy atom. The standard InChI is InChI=1S/C25H29F3N4O2/c1-17-4-6-18(7-5-17)24(34)32-12-2-3-19(16-32)23(33)30-21-10-13-31(14-11-21)22-9-8-20(15-29-22)25(26,27)28/h4-9,15,19,21H,2-3,10-14,16H2,1H3,(H,30,33). The summed E-state index contributed by atoms with van der Waals surface area (Å²) in [5, 5.41) is 3.12. The average Bonchev–Trinajstić information content (AvgIpc) is 2.84. The van der Waals surface area contributed by atoms with Crippen LogP contribution in [0.1, 0.15) is 47.2 Å². The van der Waals surface area contributed by atoms with E-state index in [4.69, 9.17) is 0 Å². The lowest BCUT2D eigenvalue weighted by molar-refractivity contribution is -0.137. The van der Waals surface area contributed by atoms with E-state index < -0.39 is 11.7 Å². The molecule has 4 rings (SSSR count). The zero-order chi connectivity index (χ0) is 24.3. The average molecular weight is 475 g/mol. The summed E-state index contributed by atoms with van der Waals surface area (Å²) in [4.78, 5) is 33.4. The molecular formula is C25H29F3N4O2. The molecule has 9 heteroatoms. The highest BCUT2D eigenvalue weighted by Gasteiger charge is 2.32. The number of hydrogen-bond acceptors (Lipinski definition) is 4. The normalized spacial score (nSPS) is 19.7. The van der Waals surface area contributed by atoms with Crippen molar-refractivity contribution in [1.29, 1.82) is 0 Å². The number of carbonyl (C=O) groups is 2. The lowest BCUT2D eigenvalue weighted by Crippen LogP contribution is -2.50. The third kappa shape index (κ3) is 5.69. The number of rotatable bonds is 4. The van der Waals surface area contributed by atoms with Crippen molar-refractivity contribution in [2.24, 2.45) is 5.92 Å². The number of carbonyl (C=O) groups excluding carboxylic acids is 2. The van der Waals surface area contributed by atoms with E-state index in [0.717, 1.165) is 30.7 Å². The minimum Gasteiger partial charge on any atom is -0.356 e. The number of aryl methyl sites for hydroxylation is 1. The zero-order valence-electron chi connectivity index (χ0n) is 19.1. The van der Waals surface area contributed by atoms with Gasteiger partial charge in [0, 0.05) is 44.0 Å². The van der Waals surface area contributed by atoms with Gasteiger partial charge in [-0.05, 0) is 56.9 Å². The number of likely N-dealkylation sites (tertiary alicyclic amines) is 1. The molecule has 0 spiro atoms. The summed E-state index contributed by atoms with van der Waals surface area (Å²) in [6.45, 7) is 4.24. The van der Waals surface area contributed by atoms with Crippen LogP contribution in [0.2, 0.25) is 0 Å². The predicted molar refractivity (Wildman–Crippen MR) is 122 cm³/mol. The highest BCUT2D eigenvalue weighted by molar-refractivity contribution is 5.94. The summed E-state index contributed by atoms with van der Waals surface area (Å²) in [7, 11) is 0. The van der Waals surface area contributed by atoms with E-state index in [0.29, 0.717) is 50.4 Å². The topological polar surface area (TPSA) is 65.5 Å². The Morgan fingerprint density at radius 2 is 1.71 bits per heavy atom. The number of anilines is 1. The summed E-state index contributed by atoms with van der Waals surface area (Å²) in [5.74, 6) is 0.190. The van der Waals surface area contributed by atoms with Gasteiger partial charge in [-0.2, -0.15) is 13.2 Å². The molecule has 0 saturated carbocycles. The molecular weight excluding hydrogens is 445 g/mol. The van der Waals surface area contributed by atoms with Crippen molar-refractivity contribution in [2.45, 2.75) is 44.8 Å². The number of amides is 2. The van der Waals surface area contributed by atoms with Gasteiger partial charge < -0.3 is 15.1 Å². The Hall–Kier alpha value is -3.10. The van der Waals surface area contributed by atoms with Crippen LogP contribution in [0.5, 0.6) is 0 Å². The molecule has 2 amide bonds. The van der Waals surface area contributed by atoms with Crippen LogP contribution in [0.3, 0.4) is 0 Å². The third-order valence-corrected chi connectivity index (χ3v) is 6.62. The molecule has 182 valence electrons. The van der Waals surface area contributed by atoms with E-state index in [-0.39, 0.29) is 23.8 Å². The minimum atomic E-state index is -4.40. The highest BCUT2D eigenvalue weighted by atomic mass is 19.4. The maximum atomic E-state index is 12.9. The van der Waals surface area contributed by atoms with Gasteiger partial charge in [-0.15, -0.1) is 0 Å². The summed E-state index contributed by atoms with van der Waals surface area (Å²) < 4.78 is 38.2. The van der Waals surface area contributed by atoms with Crippen LogP contribution < -0.4 is 10.2 Å². The Kier molecular flexibility index (Phi) is 7.09. The molecule has 1 aromatic carbocycles. The molecule has 2 saturated heterocycles.